The molecule has 0 amide bonds. The Labute approximate surface area is 328 Å². The van der Waals surface area contributed by atoms with Crippen LogP contribution in [0, 0.1) is 0 Å². The van der Waals surface area contributed by atoms with Crippen molar-refractivity contribution in [1.29, 1.82) is 0 Å². The molecule has 1 unspecified atom stereocenters. The van der Waals surface area contributed by atoms with Crippen molar-refractivity contribution in [2.45, 2.75) is 6.17 Å². The summed E-state index contributed by atoms with van der Waals surface area (Å²) in [5.41, 5.74) is 11.3. The van der Waals surface area contributed by atoms with Crippen LogP contribution < -0.4 is 5.32 Å². The van der Waals surface area contributed by atoms with E-state index < -0.39 is 0 Å². The number of aliphatic imine (C=N–C) groups is 2. The van der Waals surface area contributed by atoms with E-state index in [9.17, 15) is 0 Å². The molecule has 0 aliphatic carbocycles. The van der Waals surface area contributed by atoms with Crippen molar-refractivity contribution in [3.8, 4) is 27.9 Å². The lowest BCUT2D eigenvalue weighted by Gasteiger charge is -2.24. The number of hydrogen-bond acceptors (Lipinski definition) is 4. The molecule has 5 heteroatoms. The van der Waals surface area contributed by atoms with Gasteiger partial charge in [-0.3, -0.25) is 0 Å². The summed E-state index contributed by atoms with van der Waals surface area (Å²) in [6.45, 7) is 0. The van der Waals surface area contributed by atoms with Gasteiger partial charge in [0.2, 0.25) is 0 Å². The van der Waals surface area contributed by atoms with E-state index in [4.69, 9.17) is 9.98 Å². The van der Waals surface area contributed by atoms with Gasteiger partial charge in [0.1, 0.15) is 12.0 Å². The topological polar surface area (TPSA) is 41.7 Å². The van der Waals surface area contributed by atoms with Crippen molar-refractivity contribution in [2.24, 2.45) is 9.98 Å². The fourth-order valence-corrected chi connectivity index (χ4v) is 9.36. The van der Waals surface area contributed by atoms with E-state index in [1.54, 1.807) is 0 Å². The van der Waals surface area contributed by atoms with Crippen LogP contribution in [-0.2, 0) is 0 Å². The average molecular weight is 735 g/mol. The van der Waals surface area contributed by atoms with Gasteiger partial charge in [0.15, 0.2) is 5.84 Å². The number of amidine groups is 2. The maximum absolute atomic E-state index is 5.26. The molecule has 56 heavy (non-hydrogen) atoms. The Morgan fingerprint density at radius 2 is 1.07 bits per heavy atom. The highest BCUT2D eigenvalue weighted by Gasteiger charge is 2.23. The number of rotatable bonds is 6. The summed E-state index contributed by atoms with van der Waals surface area (Å²) in [6, 6.07) is 69.2. The third-order valence-electron chi connectivity index (χ3n) is 10.9. The number of nitrogens with one attached hydrogen (secondary N) is 1. The largest absolute Gasteiger partial charge is 0.344 e. The van der Waals surface area contributed by atoms with Crippen molar-refractivity contribution in [3.63, 3.8) is 0 Å². The maximum Gasteiger partial charge on any atom is 0.159 e. The molecule has 3 heterocycles. The number of benzene rings is 8. The quantitative estimate of drug-likeness (QED) is 0.182. The molecule has 1 N–H and O–H groups in total. The van der Waals surface area contributed by atoms with E-state index >= 15 is 0 Å². The lowest BCUT2D eigenvalue weighted by atomic mass is 10.0. The van der Waals surface area contributed by atoms with Crippen LogP contribution in [0.15, 0.2) is 204 Å². The summed E-state index contributed by atoms with van der Waals surface area (Å²) in [5.74, 6) is 1.49. The molecule has 0 saturated heterocycles. The molecule has 10 aromatic rings. The second kappa shape index (κ2) is 13.3. The molecule has 0 radical (unpaired) electrons. The molecule has 1 aliphatic rings. The Bertz CT molecular complexity index is 3140. The molecule has 264 valence electrons. The van der Waals surface area contributed by atoms with Gasteiger partial charge in [-0.25, -0.2) is 9.98 Å². The predicted molar refractivity (Wildman–Crippen MR) is 236 cm³/mol. The summed E-state index contributed by atoms with van der Waals surface area (Å²) in [6.07, 6.45) is -0.295. The van der Waals surface area contributed by atoms with E-state index in [1.807, 2.05) is 23.5 Å². The first-order chi connectivity index (χ1) is 27.7. The Kier molecular flexibility index (Phi) is 7.71. The minimum Gasteiger partial charge on any atom is -0.344 e. The van der Waals surface area contributed by atoms with Crippen LogP contribution in [-0.4, -0.2) is 16.2 Å². The molecular formula is C51H34N4S. The fourth-order valence-electron chi connectivity index (χ4n) is 8.14. The van der Waals surface area contributed by atoms with Crippen molar-refractivity contribution in [3.05, 3.63) is 211 Å². The number of thiophene rings is 1. The minimum atomic E-state index is -0.295. The van der Waals surface area contributed by atoms with Gasteiger partial charge in [-0.2, -0.15) is 0 Å². The molecule has 4 nitrogen and oxygen atoms in total. The average Bonchev–Trinajstić information content (AvgIpc) is 3.82. The summed E-state index contributed by atoms with van der Waals surface area (Å²) in [7, 11) is 0. The van der Waals surface area contributed by atoms with Gasteiger partial charge < -0.3 is 9.88 Å². The van der Waals surface area contributed by atoms with E-state index in [2.05, 4.69) is 192 Å². The Morgan fingerprint density at radius 1 is 0.464 bits per heavy atom. The highest BCUT2D eigenvalue weighted by molar-refractivity contribution is 7.26. The molecule has 0 bridgehead atoms. The summed E-state index contributed by atoms with van der Waals surface area (Å²) in [5, 5.41) is 8.60. The summed E-state index contributed by atoms with van der Waals surface area (Å²) in [4.78, 5) is 10.5. The first-order valence-corrected chi connectivity index (χ1v) is 19.8. The van der Waals surface area contributed by atoms with Gasteiger partial charge in [-0.05, 0) is 52.6 Å². The molecule has 0 saturated carbocycles. The van der Waals surface area contributed by atoms with Crippen molar-refractivity contribution < 1.29 is 0 Å². The number of aromatic nitrogens is 1. The SMILES string of the molecule is c1ccc(-c2ccc(C3=NC(c4ccc5c6ccccc6n(-c6cc(-c7ccccc7)c7sc8ccccc8c7c6)c5c4)=NC(c4ccccc4)N3)cc2)cc1. The number of para-hydroxylation sites is 1. The lowest BCUT2D eigenvalue weighted by Crippen LogP contribution is -2.33. The Morgan fingerprint density at radius 3 is 1.86 bits per heavy atom. The van der Waals surface area contributed by atoms with Gasteiger partial charge in [0.05, 0.1) is 11.0 Å². The first kappa shape index (κ1) is 32.4. The predicted octanol–water partition coefficient (Wildman–Crippen LogP) is 13.0. The van der Waals surface area contributed by atoms with Crippen LogP contribution in [0.3, 0.4) is 0 Å². The smallest absolute Gasteiger partial charge is 0.159 e. The van der Waals surface area contributed by atoms with Crippen molar-refractivity contribution in [1.82, 2.24) is 9.88 Å². The van der Waals surface area contributed by atoms with E-state index in [1.165, 1.54) is 53.2 Å². The van der Waals surface area contributed by atoms with E-state index in [0.717, 1.165) is 39.2 Å². The Balaban J connectivity index is 1.10. The van der Waals surface area contributed by atoms with E-state index in [-0.39, 0.29) is 6.17 Å². The first-order valence-electron chi connectivity index (χ1n) is 18.9. The van der Waals surface area contributed by atoms with Gasteiger partial charge in [-0.1, -0.05) is 164 Å². The number of fused-ring (bicyclic) bond motifs is 6. The van der Waals surface area contributed by atoms with E-state index in [0.29, 0.717) is 5.84 Å². The second-order valence-corrected chi connectivity index (χ2v) is 15.3. The molecular weight excluding hydrogens is 701 g/mol. The fraction of sp³-hybridized carbons (Fsp3) is 0.0196. The zero-order valence-electron chi connectivity index (χ0n) is 30.3. The highest BCUT2D eigenvalue weighted by Crippen LogP contribution is 2.43. The molecule has 0 spiro atoms. The monoisotopic (exact) mass is 734 g/mol. The normalized spacial score (nSPS) is 14.2. The van der Waals surface area contributed by atoms with Crippen LogP contribution >= 0.6 is 11.3 Å². The second-order valence-electron chi connectivity index (χ2n) is 14.2. The summed E-state index contributed by atoms with van der Waals surface area (Å²) < 4.78 is 5.02. The number of hydrogen-bond donors (Lipinski definition) is 1. The van der Waals surface area contributed by atoms with Gasteiger partial charge >= 0.3 is 0 Å². The molecule has 11 rings (SSSR count). The third kappa shape index (κ3) is 5.52. The molecule has 1 atom stereocenters. The Hall–Kier alpha value is -7.08. The maximum atomic E-state index is 5.26. The zero-order valence-corrected chi connectivity index (χ0v) is 31.1. The van der Waals surface area contributed by atoms with Crippen LogP contribution in [0.1, 0.15) is 22.9 Å². The molecule has 2 aromatic heterocycles. The van der Waals surface area contributed by atoms with Crippen molar-refractivity contribution >= 4 is 65.0 Å². The van der Waals surface area contributed by atoms with Crippen LogP contribution in [0.2, 0.25) is 0 Å². The zero-order chi connectivity index (χ0) is 37.0. The summed E-state index contributed by atoms with van der Waals surface area (Å²) >= 11 is 1.87. The van der Waals surface area contributed by atoms with Crippen LogP contribution in [0.4, 0.5) is 0 Å². The molecule has 8 aromatic carbocycles. The molecule has 0 fully saturated rings. The minimum absolute atomic E-state index is 0.295. The lowest BCUT2D eigenvalue weighted by molar-refractivity contribution is 0.674. The van der Waals surface area contributed by atoms with Gasteiger partial charge in [0.25, 0.3) is 0 Å². The number of nitrogens with zero attached hydrogens (tertiary/aromatic N) is 3. The van der Waals surface area contributed by atoms with Crippen molar-refractivity contribution in [2.75, 3.05) is 0 Å². The van der Waals surface area contributed by atoms with Crippen LogP contribution in [0.5, 0.6) is 0 Å². The molecule has 1 aliphatic heterocycles. The van der Waals surface area contributed by atoms with Crippen LogP contribution in [0.25, 0.3) is 69.9 Å². The highest BCUT2D eigenvalue weighted by atomic mass is 32.1. The van der Waals surface area contributed by atoms with Gasteiger partial charge in [-0.15, -0.1) is 11.3 Å². The van der Waals surface area contributed by atoms with Gasteiger partial charge in [0, 0.05) is 53.3 Å². The standard InChI is InChI=1S/C51H34N4S/c1-4-14-33(15-5-1)34-24-26-37(27-25-34)50-52-49(36-18-8-3-9-19-36)53-51(54-50)38-28-29-41-40-20-10-12-22-45(40)55(46(41)30-38)39-31-43(35-16-6-2-7-17-35)48-44(32-39)42-21-11-13-23-47(42)56-48/h1-32,49H,(H,52,53,54). The third-order valence-corrected chi connectivity index (χ3v) is 12.1.